The zero-order chi connectivity index (χ0) is 23.5. The minimum Gasteiger partial charge on any atom is -0.449 e. The molecule has 0 radical (unpaired) electrons. The second-order valence-electron chi connectivity index (χ2n) is 7.63. The summed E-state index contributed by atoms with van der Waals surface area (Å²) in [6, 6.07) is 20.4. The van der Waals surface area contributed by atoms with E-state index < -0.39 is 16.1 Å². The van der Waals surface area contributed by atoms with Crippen molar-refractivity contribution in [3.8, 4) is 0 Å². The minimum absolute atomic E-state index is 0.0275. The van der Waals surface area contributed by atoms with Gasteiger partial charge in [0.1, 0.15) is 0 Å². The second kappa shape index (κ2) is 12.0. The average Bonchev–Trinajstić information content (AvgIpc) is 2.82. The number of benzene rings is 2. The number of aryl methyl sites for hydroxylation is 1. The molecule has 2 aromatic carbocycles. The van der Waals surface area contributed by atoms with Crippen molar-refractivity contribution in [1.82, 2.24) is 9.71 Å². The Kier molecular flexibility index (Phi) is 8.78. The first kappa shape index (κ1) is 24.2. The number of aromatic nitrogens is 1. The fourth-order valence-electron chi connectivity index (χ4n) is 3.29. The van der Waals surface area contributed by atoms with E-state index in [-0.39, 0.29) is 11.5 Å². The molecule has 0 aliphatic rings. The van der Waals surface area contributed by atoms with Crippen LogP contribution < -0.4 is 4.72 Å². The summed E-state index contributed by atoms with van der Waals surface area (Å²) in [7, 11) is -3.93. The molecule has 7 heteroatoms. The fraction of sp³-hybridized carbons (Fsp3) is 0.231. The number of carbonyl (C=O) groups is 1. The molecule has 0 saturated heterocycles. The average molecular weight is 465 g/mol. The molecule has 0 unspecified atom stereocenters. The Hall–Kier alpha value is -3.45. The molecule has 1 N–H and O–H groups in total. The lowest BCUT2D eigenvalue weighted by Gasteiger charge is -2.09. The second-order valence-corrected chi connectivity index (χ2v) is 9.31. The van der Waals surface area contributed by atoms with Crippen LogP contribution in [0.4, 0.5) is 4.79 Å². The van der Waals surface area contributed by atoms with Gasteiger partial charge in [-0.25, -0.2) is 17.9 Å². The lowest BCUT2D eigenvalue weighted by atomic mass is 9.97. The number of pyridine rings is 1. The van der Waals surface area contributed by atoms with E-state index in [0.29, 0.717) is 6.42 Å². The van der Waals surface area contributed by atoms with E-state index in [2.05, 4.69) is 23.2 Å². The molecule has 1 aromatic heterocycles. The van der Waals surface area contributed by atoms with Gasteiger partial charge in [0.05, 0.1) is 11.5 Å². The first-order valence-corrected chi connectivity index (χ1v) is 12.4. The summed E-state index contributed by atoms with van der Waals surface area (Å²) in [5.74, 6) is 0. The van der Waals surface area contributed by atoms with E-state index in [1.165, 1.54) is 12.1 Å². The van der Waals surface area contributed by atoms with E-state index in [1.807, 2.05) is 48.2 Å². The van der Waals surface area contributed by atoms with Gasteiger partial charge in [0, 0.05) is 18.0 Å². The largest absolute Gasteiger partial charge is 0.449 e. The Morgan fingerprint density at radius 1 is 0.939 bits per heavy atom. The van der Waals surface area contributed by atoms with Gasteiger partial charge in [0.15, 0.2) is 0 Å². The van der Waals surface area contributed by atoms with Crippen LogP contribution in [0.3, 0.4) is 0 Å². The number of carbonyl (C=O) groups excluding carboxylic acids is 1. The van der Waals surface area contributed by atoms with Gasteiger partial charge in [0.25, 0.3) is 10.0 Å². The van der Waals surface area contributed by atoms with Gasteiger partial charge in [-0.3, -0.25) is 4.98 Å². The fourth-order valence-corrected chi connectivity index (χ4v) is 4.18. The third kappa shape index (κ3) is 7.57. The maximum Gasteiger partial charge on any atom is 0.421 e. The van der Waals surface area contributed by atoms with Crippen molar-refractivity contribution in [2.24, 2.45) is 0 Å². The number of allylic oxidation sites excluding steroid dienone is 1. The highest BCUT2D eigenvalue weighted by Crippen LogP contribution is 2.23. The third-order valence-electron chi connectivity index (χ3n) is 5.04. The Morgan fingerprint density at radius 2 is 1.67 bits per heavy atom. The zero-order valence-corrected chi connectivity index (χ0v) is 19.4. The van der Waals surface area contributed by atoms with Crippen LogP contribution in [0.15, 0.2) is 90.1 Å². The molecule has 3 rings (SSSR count). The molecule has 0 saturated carbocycles. The van der Waals surface area contributed by atoms with Crippen LogP contribution in [0.2, 0.25) is 0 Å². The molecular formula is C26H28N2O4S. The van der Waals surface area contributed by atoms with Gasteiger partial charge in [-0.1, -0.05) is 60.2 Å². The topological polar surface area (TPSA) is 85.4 Å². The first-order valence-electron chi connectivity index (χ1n) is 10.9. The number of hydrogen-bond acceptors (Lipinski definition) is 5. The van der Waals surface area contributed by atoms with Crippen molar-refractivity contribution >= 4 is 21.7 Å². The van der Waals surface area contributed by atoms with Gasteiger partial charge in [-0.15, -0.1) is 0 Å². The van der Waals surface area contributed by atoms with Crippen molar-refractivity contribution in [3.63, 3.8) is 0 Å². The standard InChI is InChI=1S/C26H28N2O4S/c1-21-14-16-24(17-15-21)33(30,31)28-26(29)32-19-8-3-2-7-13-25(22-10-5-4-6-11-22)23-12-9-18-27-20-23/h4-6,9-18,20H,2-3,7-8,19H2,1H3,(H,28,29). The van der Waals surface area contributed by atoms with E-state index in [9.17, 15) is 13.2 Å². The predicted molar refractivity (Wildman–Crippen MR) is 129 cm³/mol. The summed E-state index contributed by atoms with van der Waals surface area (Å²) in [5, 5.41) is 0. The molecule has 1 amide bonds. The number of unbranched alkanes of at least 4 members (excludes halogenated alkanes) is 3. The summed E-state index contributed by atoms with van der Waals surface area (Å²) in [5.41, 5.74) is 4.28. The Labute approximate surface area is 195 Å². The maximum atomic E-state index is 12.2. The molecule has 0 bridgehead atoms. The number of nitrogens with zero attached hydrogens (tertiary/aromatic N) is 1. The molecule has 1 heterocycles. The van der Waals surface area contributed by atoms with Crippen molar-refractivity contribution < 1.29 is 17.9 Å². The highest BCUT2D eigenvalue weighted by molar-refractivity contribution is 7.90. The van der Waals surface area contributed by atoms with E-state index in [4.69, 9.17) is 4.74 Å². The normalized spacial score (nSPS) is 11.7. The molecule has 3 aromatic rings. The molecule has 0 fully saturated rings. The van der Waals surface area contributed by atoms with Gasteiger partial charge in [0.2, 0.25) is 0 Å². The van der Waals surface area contributed by atoms with Crippen LogP contribution >= 0.6 is 0 Å². The number of amides is 1. The minimum atomic E-state index is -3.93. The summed E-state index contributed by atoms with van der Waals surface area (Å²) in [4.78, 5) is 16.1. The molecule has 0 aliphatic heterocycles. The summed E-state index contributed by atoms with van der Waals surface area (Å²) < 4.78 is 31.4. The number of sulfonamides is 1. The van der Waals surface area contributed by atoms with Gasteiger partial charge < -0.3 is 4.74 Å². The Balaban J connectivity index is 1.43. The molecule has 33 heavy (non-hydrogen) atoms. The SMILES string of the molecule is Cc1ccc(S(=O)(=O)NC(=O)OCCCCCC=C(c2ccccc2)c2cccnc2)cc1. The summed E-state index contributed by atoms with van der Waals surface area (Å²) >= 11 is 0. The third-order valence-corrected chi connectivity index (χ3v) is 6.36. The maximum absolute atomic E-state index is 12.2. The molecular weight excluding hydrogens is 436 g/mol. The van der Waals surface area contributed by atoms with Crippen molar-refractivity contribution in [2.45, 2.75) is 37.5 Å². The van der Waals surface area contributed by atoms with E-state index in [1.54, 1.807) is 18.3 Å². The molecule has 0 aliphatic carbocycles. The first-order chi connectivity index (χ1) is 16.0. The Morgan fingerprint density at radius 3 is 2.36 bits per heavy atom. The van der Waals surface area contributed by atoms with Crippen LogP contribution in [0.1, 0.15) is 42.4 Å². The lowest BCUT2D eigenvalue weighted by molar-refractivity contribution is 0.150. The van der Waals surface area contributed by atoms with Crippen LogP contribution in [-0.2, 0) is 14.8 Å². The van der Waals surface area contributed by atoms with Crippen molar-refractivity contribution in [2.75, 3.05) is 6.61 Å². The monoisotopic (exact) mass is 464 g/mol. The predicted octanol–water partition coefficient (Wildman–Crippen LogP) is 5.50. The molecule has 172 valence electrons. The van der Waals surface area contributed by atoms with Crippen LogP contribution in [0, 0.1) is 6.92 Å². The van der Waals surface area contributed by atoms with Gasteiger partial charge in [-0.05, 0) is 61.9 Å². The number of hydrogen-bond donors (Lipinski definition) is 1. The van der Waals surface area contributed by atoms with E-state index >= 15 is 0 Å². The Bertz CT molecular complexity index is 1120. The quantitative estimate of drug-likeness (QED) is 0.401. The van der Waals surface area contributed by atoms with Crippen LogP contribution in [0.25, 0.3) is 5.57 Å². The summed E-state index contributed by atoms with van der Waals surface area (Å²) in [6.07, 6.45) is 8.15. The van der Waals surface area contributed by atoms with Crippen molar-refractivity contribution in [3.05, 3.63) is 102 Å². The number of ether oxygens (including phenoxy) is 1. The molecule has 0 atom stereocenters. The van der Waals surface area contributed by atoms with Gasteiger partial charge >= 0.3 is 6.09 Å². The number of rotatable bonds is 10. The smallest absolute Gasteiger partial charge is 0.421 e. The molecule has 0 spiro atoms. The van der Waals surface area contributed by atoms with Crippen molar-refractivity contribution in [1.29, 1.82) is 0 Å². The molecule has 6 nitrogen and oxygen atoms in total. The van der Waals surface area contributed by atoms with E-state index in [0.717, 1.165) is 41.5 Å². The highest BCUT2D eigenvalue weighted by Gasteiger charge is 2.18. The summed E-state index contributed by atoms with van der Waals surface area (Å²) in [6.45, 7) is 2.02. The van der Waals surface area contributed by atoms with Gasteiger partial charge in [-0.2, -0.15) is 0 Å². The number of nitrogens with one attached hydrogen (secondary N) is 1. The van der Waals surface area contributed by atoms with Crippen LogP contribution in [-0.4, -0.2) is 26.1 Å². The highest BCUT2D eigenvalue weighted by atomic mass is 32.2. The van der Waals surface area contributed by atoms with Crippen LogP contribution in [0.5, 0.6) is 0 Å². The lowest BCUT2D eigenvalue weighted by Crippen LogP contribution is -2.31. The zero-order valence-electron chi connectivity index (χ0n) is 18.6.